The maximum absolute atomic E-state index is 10.5. The summed E-state index contributed by atoms with van der Waals surface area (Å²) in [4.78, 5) is 20.2. The lowest BCUT2D eigenvalue weighted by Crippen LogP contribution is -2.38. The minimum Gasteiger partial charge on any atom is -0.477 e. The fourth-order valence-corrected chi connectivity index (χ4v) is 4.51. The quantitative estimate of drug-likeness (QED) is 0.148. The van der Waals surface area contributed by atoms with Crippen molar-refractivity contribution in [3.05, 3.63) is 119 Å². The van der Waals surface area contributed by atoms with E-state index in [-0.39, 0.29) is 6.61 Å². The first-order chi connectivity index (χ1) is 16.2. The van der Waals surface area contributed by atoms with Crippen LogP contribution in [-0.2, 0) is 21.6 Å². The Morgan fingerprint density at radius 2 is 1.45 bits per heavy atom. The van der Waals surface area contributed by atoms with Crippen LogP contribution >= 0.6 is 11.3 Å². The summed E-state index contributed by atoms with van der Waals surface area (Å²) >= 11 is 1.52. The Balaban J connectivity index is 1.68. The summed E-state index contributed by atoms with van der Waals surface area (Å²) in [6.45, 7) is 0.244. The zero-order valence-electron chi connectivity index (χ0n) is 17.8. The van der Waals surface area contributed by atoms with Gasteiger partial charge in [0.2, 0.25) is 0 Å². The van der Waals surface area contributed by atoms with E-state index in [2.05, 4.69) is 46.9 Å². The Labute approximate surface area is 196 Å². The Morgan fingerprint density at radius 1 is 0.939 bits per heavy atom. The summed E-state index contributed by atoms with van der Waals surface area (Å²) < 4.78 is 0. The molecule has 6 nitrogen and oxygen atoms in total. The number of nitrogens with one attached hydrogen (secondary N) is 1. The second kappa shape index (κ2) is 10.6. The van der Waals surface area contributed by atoms with Gasteiger partial charge in [-0.3, -0.25) is 0 Å². The molecule has 166 valence electrons. The summed E-state index contributed by atoms with van der Waals surface area (Å²) in [6.07, 6.45) is 1.24. The van der Waals surface area contributed by atoms with E-state index in [4.69, 9.17) is 14.9 Å². The molecule has 4 rings (SSSR count). The predicted octanol–water partition coefficient (Wildman–Crippen LogP) is 5.18. The van der Waals surface area contributed by atoms with Crippen molar-refractivity contribution < 1.29 is 14.7 Å². The van der Waals surface area contributed by atoms with E-state index in [0.717, 1.165) is 33.7 Å². The van der Waals surface area contributed by atoms with Crippen molar-refractivity contribution >= 4 is 28.7 Å². The summed E-state index contributed by atoms with van der Waals surface area (Å²) in [5, 5.41) is 18.5. The number of thiazole rings is 1. The van der Waals surface area contributed by atoms with Gasteiger partial charge in [0.05, 0.1) is 5.69 Å². The molecule has 0 unspecified atom stereocenters. The number of anilines is 1. The van der Waals surface area contributed by atoms with Gasteiger partial charge >= 0.3 is 5.97 Å². The lowest BCUT2D eigenvalue weighted by Gasteiger charge is -2.36. The first-order valence-electron chi connectivity index (χ1n) is 10.5. The van der Waals surface area contributed by atoms with Crippen molar-refractivity contribution in [3.8, 4) is 0 Å². The van der Waals surface area contributed by atoms with E-state index < -0.39 is 11.5 Å². The molecule has 1 heterocycles. The number of rotatable bonds is 10. The molecular weight excluding hydrogens is 434 g/mol. The van der Waals surface area contributed by atoms with Crippen molar-refractivity contribution in [2.75, 3.05) is 11.9 Å². The molecule has 0 radical (unpaired) electrons. The Kier molecular flexibility index (Phi) is 7.12. The van der Waals surface area contributed by atoms with Crippen LogP contribution in [0.15, 0.2) is 102 Å². The van der Waals surface area contributed by atoms with E-state index in [9.17, 15) is 4.79 Å². The smallest absolute Gasteiger partial charge is 0.350 e. The highest BCUT2D eigenvalue weighted by atomic mass is 32.1. The highest BCUT2D eigenvalue weighted by Crippen LogP contribution is 2.40. The fraction of sp³-hybridized carbons (Fsp3) is 0.115. The molecule has 0 aliphatic rings. The maximum atomic E-state index is 10.5. The molecule has 0 amide bonds. The average molecular weight is 458 g/mol. The molecule has 0 saturated carbocycles. The monoisotopic (exact) mass is 457 g/mol. The number of nitrogens with zero attached hydrogens (tertiary/aromatic N) is 2. The molecule has 7 heteroatoms. The third-order valence-corrected chi connectivity index (χ3v) is 5.96. The van der Waals surface area contributed by atoms with Gasteiger partial charge in [-0.2, -0.15) is 0 Å². The van der Waals surface area contributed by atoms with Crippen LogP contribution in [-0.4, -0.2) is 28.9 Å². The van der Waals surface area contributed by atoms with Gasteiger partial charge in [-0.1, -0.05) is 96.2 Å². The van der Waals surface area contributed by atoms with E-state index in [1.54, 1.807) is 0 Å². The number of benzene rings is 3. The van der Waals surface area contributed by atoms with E-state index in [0.29, 0.717) is 6.42 Å². The Bertz CT molecular complexity index is 1100. The Morgan fingerprint density at radius 3 is 1.94 bits per heavy atom. The lowest BCUT2D eigenvalue weighted by atomic mass is 9.77. The summed E-state index contributed by atoms with van der Waals surface area (Å²) in [7, 11) is 0. The first kappa shape index (κ1) is 22.2. The lowest BCUT2D eigenvalue weighted by molar-refractivity contribution is -0.129. The molecule has 3 aromatic carbocycles. The van der Waals surface area contributed by atoms with Crippen LogP contribution in [0.25, 0.3) is 0 Å². The van der Waals surface area contributed by atoms with Crippen LogP contribution in [0.5, 0.6) is 0 Å². The number of aliphatic carboxylic acids is 1. The average Bonchev–Trinajstić information content (AvgIpc) is 3.31. The van der Waals surface area contributed by atoms with E-state index >= 15 is 0 Å². The number of carbonyl (C=O) groups is 1. The normalized spacial score (nSPS) is 11.4. The molecule has 0 saturated heterocycles. The molecule has 0 spiro atoms. The number of carboxylic acid groups (broad SMARTS) is 1. The minimum atomic E-state index is -1.14. The number of carboxylic acids is 1. The standard InChI is InChI=1S/C26H23N3O3S/c30-24(31)18-27-32-17-16-23-19-33-25(28-23)29-26(20-10-4-1-5-11-20,21-12-6-2-7-13-21)22-14-8-3-9-15-22/h1-15,18-19H,16-17H2,(H,28,29)(H,30,31)/b27-18-. The molecule has 0 aliphatic carbocycles. The molecule has 2 N–H and O–H groups in total. The first-order valence-corrected chi connectivity index (χ1v) is 11.3. The molecule has 0 bridgehead atoms. The molecule has 0 atom stereocenters. The van der Waals surface area contributed by atoms with Crippen LogP contribution in [0.3, 0.4) is 0 Å². The van der Waals surface area contributed by atoms with Crippen LogP contribution in [0.4, 0.5) is 5.13 Å². The van der Waals surface area contributed by atoms with Crippen molar-refractivity contribution in [2.24, 2.45) is 5.16 Å². The SMILES string of the molecule is O=C(O)/C=N\OCCc1csc(NC(c2ccccc2)(c2ccccc2)c2ccccc2)n1. The van der Waals surface area contributed by atoms with Gasteiger partial charge in [-0.15, -0.1) is 11.3 Å². The maximum Gasteiger partial charge on any atom is 0.350 e. The van der Waals surface area contributed by atoms with Crippen molar-refractivity contribution in [1.82, 2.24) is 4.98 Å². The van der Waals surface area contributed by atoms with Gasteiger partial charge in [0, 0.05) is 11.8 Å². The van der Waals surface area contributed by atoms with Crippen LogP contribution in [0.2, 0.25) is 0 Å². The van der Waals surface area contributed by atoms with Crippen LogP contribution in [0, 0.1) is 0 Å². The van der Waals surface area contributed by atoms with E-state index in [1.807, 2.05) is 60.0 Å². The summed E-state index contributed by atoms with van der Waals surface area (Å²) in [5.74, 6) is -1.14. The van der Waals surface area contributed by atoms with Gasteiger partial charge in [-0.25, -0.2) is 9.78 Å². The zero-order valence-corrected chi connectivity index (χ0v) is 18.6. The second-order valence-electron chi connectivity index (χ2n) is 7.27. The third-order valence-electron chi connectivity index (χ3n) is 5.15. The topological polar surface area (TPSA) is 83.8 Å². The second-order valence-corrected chi connectivity index (χ2v) is 8.13. The van der Waals surface area contributed by atoms with Gasteiger partial charge in [-0.05, 0) is 16.7 Å². The van der Waals surface area contributed by atoms with Crippen LogP contribution < -0.4 is 5.32 Å². The van der Waals surface area contributed by atoms with Gasteiger partial charge in [0.1, 0.15) is 12.1 Å². The summed E-state index contributed by atoms with van der Waals surface area (Å²) in [6, 6.07) is 31.0. The fourth-order valence-electron chi connectivity index (χ4n) is 3.71. The number of hydrogen-bond donors (Lipinski definition) is 2. The van der Waals surface area contributed by atoms with Crippen molar-refractivity contribution in [3.63, 3.8) is 0 Å². The molecular formula is C26H23N3O3S. The number of oxime groups is 1. The van der Waals surface area contributed by atoms with Gasteiger partial charge in [0.25, 0.3) is 0 Å². The highest BCUT2D eigenvalue weighted by molar-refractivity contribution is 7.13. The Hall–Kier alpha value is -3.97. The number of hydrogen-bond acceptors (Lipinski definition) is 6. The largest absolute Gasteiger partial charge is 0.477 e. The van der Waals surface area contributed by atoms with Gasteiger partial charge in [0.15, 0.2) is 11.3 Å². The van der Waals surface area contributed by atoms with Crippen molar-refractivity contribution in [1.29, 1.82) is 0 Å². The highest BCUT2D eigenvalue weighted by Gasteiger charge is 2.37. The van der Waals surface area contributed by atoms with Crippen molar-refractivity contribution in [2.45, 2.75) is 12.0 Å². The minimum absolute atomic E-state index is 0.244. The summed E-state index contributed by atoms with van der Waals surface area (Å²) in [5.41, 5.74) is 3.51. The van der Waals surface area contributed by atoms with Crippen LogP contribution in [0.1, 0.15) is 22.4 Å². The molecule has 0 fully saturated rings. The molecule has 0 aliphatic heterocycles. The number of aromatic nitrogens is 1. The van der Waals surface area contributed by atoms with Gasteiger partial charge < -0.3 is 15.3 Å². The van der Waals surface area contributed by atoms with E-state index in [1.165, 1.54) is 11.3 Å². The molecule has 4 aromatic rings. The molecule has 1 aromatic heterocycles. The zero-order chi connectivity index (χ0) is 22.9. The molecule has 33 heavy (non-hydrogen) atoms. The third kappa shape index (κ3) is 5.27. The predicted molar refractivity (Wildman–Crippen MR) is 131 cm³/mol.